The summed E-state index contributed by atoms with van der Waals surface area (Å²) in [6.07, 6.45) is 31.3. The van der Waals surface area contributed by atoms with Crippen molar-refractivity contribution < 1.29 is 27.7 Å². The Morgan fingerprint density at radius 3 is 1.35 bits per heavy atom. The van der Waals surface area contributed by atoms with E-state index >= 15 is 0 Å². The molecule has 0 saturated carbocycles. The quantitative estimate of drug-likeness (QED) is 0.0685. The zero-order valence-corrected chi connectivity index (χ0v) is 57.6. The van der Waals surface area contributed by atoms with E-state index in [9.17, 15) is 0 Å². The highest BCUT2D eigenvalue weighted by Crippen LogP contribution is 2.51. The molecule has 14 rings (SSSR count). The number of fused-ring (bicyclic) bond motifs is 6. The van der Waals surface area contributed by atoms with Gasteiger partial charge in [-0.25, -0.2) is 27.6 Å². The van der Waals surface area contributed by atoms with Crippen molar-refractivity contribution in [3.05, 3.63) is 224 Å². The van der Waals surface area contributed by atoms with E-state index in [4.69, 9.17) is 78.4 Å². The van der Waals surface area contributed by atoms with Gasteiger partial charge in [0.05, 0.1) is 21.3 Å². The molecule has 0 spiro atoms. The first kappa shape index (κ1) is 68.9. The van der Waals surface area contributed by atoms with Gasteiger partial charge >= 0.3 is 0 Å². The number of halogens is 4. The van der Waals surface area contributed by atoms with Crippen molar-refractivity contribution in [3.8, 4) is 0 Å². The Kier molecular flexibility index (Phi) is 25.0. The molecule has 0 radical (unpaired) electrons. The number of rotatable bonds is 14. The summed E-state index contributed by atoms with van der Waals surface area (Å²) in [5.41, 5.74) is 20.5. The molecule has 11 aliphatic rings. The third-order valence-corrected chi connectivity index (χ3v) is 21.6. The van der Waals surface area contributed by atoms with Crippen LogP contribution < -0.4 is 10.6 Å². The molecule has 8 heterocycles. The second kappa shape index (κ2) is 33.4. The van der Waals surface area contributed by atoms with Gasteiger partial charge in [-0.05, 0) is 155 Å². The van der Waals surface area contributed by atoms with Crippen molar-refractivity contribution in [3.63, 3.8) is 0 Å². The fraction of sp³-hybridized carbons (Fsp3) is 0.391. The van der Waals surface area contributed by atoms with Gasteiger partial charge in [0.15, 0.2) is 0 Å². The Bertz CT molecular complexity index is 3540. The predicted molar refractivity (Wildman–Crippen MR) is 385 cm³/mol. The largest absolute Gasteiger partial charge is 0.663 e. The van der Waals surface area contributed by atoms with Crippen molar-refractivity contribution in [2.24, 2.45) is 17.8 Å². The number of allylic oxidation sites excluding steroid dienone is 11. The lowest BCUT2D eigenvalue weighted by atomic mass is 9.82. The SMILES string of the molecule is C.COOSN1CCC(C2=C3[N-]C=CC=C3C(Br)=Cc3cc(Cl)ccc32)CC1.COOSN1CCC(C2=C3[N-]C=CC=C3C(N3CCNCC3)=Cc3cc(Cl)ccc32)CC1.COOSN1CCC(C2=C3[N-]C=CC=C3C=C(N3CCNCC3)c3cc(Cl)ccc32)CC1. The lowest BCUT2D eigenvalue weighted by molar-refractivity contribution is -0.163. The topological polar surface area (TPSA) is 138 Å². The molecule has 3 aromatic carbocycles. The molecule has 5 fully saturated rings. The van der Waals surface area contributed by atoms with Crippen LogP contribution in [0.1, 0.15) is 79.3 Å². The van der Waals surface area contributed by atoms with Gasteiger partial charge in [-0.1, -0.05) is 130 Å². The molecule has 3 aliphatic carbocycles. The summed E-state index contributed by atoms with van der Waals surface area (Å²) in [5, 5.41) is 23.8. The maximum atomic E-state index is 6.53. The van der Waals surface area contributed by atoms with Gasteiger partial charge in [0, 0.05) is 128 Å². The van der Waals surface area contributed by atoms with Crippen LogP contribution in [0.5, 0.6) is 0 Å². The molecule has 0 aromatic heterocycles. The summed E-state index contributed by atoms with van der Waals surface area (Å²) < 4.78 is 22.8. The number of nitrogens with zero attached hydrogens (tertiary/aromatic N) is 8. The number of piperazine rings is 2. The summed E-state index contributed by atoms with van der Waals surface area (Å²) in [4.78, 5) is 19.2. The van der Waals surface area contributed by atoms with E-state index in [-0.39, 0.29) is 7.43 Å². The third-order valence-electron chi connectivity index (χ3n) is 17.9. The second-order valence-electron chi connectivity index (χ2n) is 23.2. The van der Waals surface area contributed by atoms with Crippen molar-refractivity contribution in [1.82, 2.24) is 33.3 Å². The molecule has 490 valence electrons. The van der Waals surface area contributed by atoms with Gasteiger partial charge in [0.1, 0.15) is 36.7 Å². The third kappa shape index (κ3) is 16.3. The molecule has 3 aromatic rings. The summed E-state index contributed by atoms with van der Waals surface area (Å²) in [5.74, 6) is 1.25. The molecule has 2 N–H and O–H groups in total. The molecule has 92 heavy (non-hydrogen) atoms. The van der Waals surface area contributed by atoms with Crippen LogP contribution in [-0.2, 0) is 27.7 Å². The van der Waals surface area contributed by atoms with E-state index in [1.807, 2.05) is 55.0 Å². The molecule has 8 aliphatic heterocycles. The maximum Gasteiger partial charge on any atom is 0.121 e. The lowest BCUT2D eigenvalue weighted by Crippen LogP contribution is -2.43. The highest BCUT2D eigenvalue weighted by atomic mass is 79.9. The van der Waals surface area contributed by atoms with E-state index in [0.717, 1.165) is 178 Å². The first-order chi connectivity index (χ1) is 44.7. The number of benzene rings is 3. The van der Waals surface area contributed by atoms with Crippen LogP contribution in [-0.4, -0.2) is 136 Å². The van der Waals surface area contributed by atoms with Crippen LogP contribution in [0.3, 0.4) is 0 Å². The van der Waals surface area contributed by atoms with Gasteiger partial charge in [-0.3, -0.25) is 0 Å². The zero-order chi connectivity index (χ0) is 62.6. The first-order valence-corrected chi connectivity index (χ1v) is 35.1. The number of hydrogen-bond donors (Lipinski definition) is 2. The van der Waals surface area contributed by atoms with Crippen LogP contribution in [0.2, 0.25) is 15.1 Å². The van der Waals surface area contributed by atoms with Gasteiger partial charge in [0.2, 0.25) is 0 Å². The van der Waals surface area contributed by atoms with E-state index in [1.54, 1.807) is 0 Å². The standard InChI is InChI=1S/2C24H28ClN4O2S.C20H19BrClN2O2S.CH4/c1-30-31-32-29-11-6-17(7-12-29)23-20-5-4-19(25)15-18(20)16-22(28-13-9-26-10-14-28)21-3-2-8-27-24(21)23;1-30-31-32-29-11-6-17(7-12-29)23-20-5-4-19(25)16-21(20)22(28-13-9-26-10-14-28)15-18-3-2-8-27-24(18)23;1-25-26-27-24-9-6-13(7-10-24)19-16-5-4-15(22)11-14(16)12-18(21)17-3-2-8-23-20(17)19;/h2*2-5,8,15-17,26H,6-7,9-14H2,1H3;2-5,8,11-13H,6-7,9-10H2,1H3;1H4/q3*-1;. The summed E-state index contributed by atoms with van der Waals surface area (Å²) in [7, 11) is 4.60. The zero-order valence-electron chi connectivity index (χ0n) is 51.3. The molecule has 0 bridgehead atoms. The maximum absolute atomic E-state index is 6.53. The molecular weight excluding hydrogens is 1350 g/mol. The minimum absolute atomic E-state index is 0. The number of hydrogen-bond acceptors (Lipinski definition) is 16. The Hall–Kier alpha value is -4.50. The second-order valence-corrected chi connectivity index (χ2v) is 27.8. The normalized spacial score (nSPS) is 21.3. The van der Waals surface area contributed by atoms with E-state index < -0.39 is 0 Å². The molecule has 0 unspecified atom stereocenters. The van der Waals surface area contributed by atoms with Crippen LogP contribution in [0.4, 0.5) is 0 Å². The molecule has 23 heteroatoms. The molecule has 0 atom stereocenters. The average Bonchev–Trinajstić information content (AvgIpc) is 1.62. The van der Waals surface area contributed by atoms with Crippen LogP contribution in [0.15, 0.2) is 160 Å². The van der Waals surface area contributed by atoms with Crippen molar-refractivity contribution in [2.45, 2.75) is 46.0 Å². The van der Waals surface area contributed by atoms with Crippen molar-refractivity contribution in [2.75, 3.05) is 113 Å². The summed E-state index contributed by atoms with van der Waals surface area (Å²) in [6.45, 7) is 13.5. The smallest absolute Gasteiger partial charge is 0.121 e. The summed E-state index contributed by atoms with van der Waals surface area (Å²) >= 11 is 26.9. The Morgan fingerprint density at radius 2 is 0.859 bits per heavy atom. The Labute approximate surface area is 579 Å². The van der Waals surface area contributed by atoms with Gasteiger partial charge in [-0.2, -0.15) is 18.6 Å². The van der Waals surface area contributed by atoms with Crippen LogP contribution in [0, 0.1) is 17.8 Å². The minimum Gasteiger partial charge on any atom is -0.663 e. The number of nitrogens with one attached hydrogen (secondary N) is 2. The Morgan fingerprint density at radius 1 is 0.457 bits per heavy atom. The van der Waals surface area contributed by atoms with Gasteiger partial charge in [-0.15, -0.1) is 30.1 Å². The highest BCUT2D eigenvalue weighted by molar-refractivity contribution is 9.12. The van der Waals surface area contributed by atoms with E-state index in [0.29, 0.717) is 17.8 Å². The van der Waals surface area contributed by atoms with E-state index in [1.165, 1.54) is 125 Å². The molecule has 0 amide bonds. The monoisotopic (exact) mass is 1420 g/mol. The van der Waals surface area contributed by atoms with Gasteiger partial charge in [0.25, 0.3) is 0 Å². The first-order valence-electron chi connectivity index (χ1n) is 31.1. The van der Waals surface area contributed by atoms with Crippen molar-refractivity contribution >= 4 is 122 Å². The predicted octanol–water partition coefficient (Wildman–Crippen LogP) is 17.1. The fourth-order valence-corrected chi connectivity index (χ4v) is 16.3. The van der Waals surface area contributed by atoms with Crippen LogP contribution >= 0.6 is 87.4 Å². The average molecular weight is 1430 g/mol. The van der Waals surface area contributed by atoms with E-state index in [2.05, 4.69) is 122 Å². The minimum atomic E-state index is 0. The molecular formula is C69H79BrCl3N10O6S3-3. The molecule has 16 nitrogen and oxygen atoms in total. The lowest BCUT2D eigenvalue weighted by Gasteiger charge is -2.40. The molecule has 5 saturated heterocycles. The summed E-state index contributed by atoms with van der Waals surface area (Å²) in [6, 6.07) is 18.7. The highest BCUT2D eigenvalue weighted by Gasteiger charge is 2.34. The Balaban J connectivity index is 0.000000141. The number of piperidine rings is 3. The van der Waals surface area contributed by atoms with Crippen LogP contribution in [0.25, 0.3) is 50.5 Å². The fourth-order valence-electron chi connectivity index (χ4n) is 13.7. The van der Waals surface area contributed by atoms with Crippen molar-refractivity contribution in [1.29, 1.82) is 0 Å². The van der Waals surface area contributed by atoms with Gasteiger partial charge < -0.3 is 36.4 Å².